The predicted molar refractivity (Wildman–Crippen MR) is 84.8 cm³/mol. The Morgan fingerprint density at radius 1 is 1.24 bits per heavy atom. The molecule has 0 aliphatic rings. The van der Waals surface area contributed by atoms with Gasteiger partial charge in [0.05, 0.1) is 18.5 Å². The zero-order valence-electron chi connectivity index (χ0n) is 12.9. The molecule has 25 heavy (non-hydrogen) atoms. The van der Waals surface area contributed by atoms with Crippen molar-refractivity contribution in [2.75, 3.05) is 25.1 Å². The molecule has 0 spiro atoms. The van der Waals surface area contributed by atoms with Gasteiger partial charge in [0.25, 0.3) is 5.56 Å². The fourth-order valence-corrected chi connectivity index (χ4v) is 2.19. The lowest BCUT2D eigenvalue weighted by molar-refractivity contribution is -0.172. The van der Waals surface area contributed by atoms with Crippen LogP contribution in [0.5, 0.6) is 0 Å². The summed E-state index contributed by atoms with van der Waals surface area (Å²) in [7, 11) is 0. The Morgan fingerprint density at radius 3 is 2.72 bits per heavy atom. The summed E-state index contributed by atoms with van der Waals surface area (Å²) in [6.07, 6.45) is -2.96. The van der Waals surface area contributed by atoms with Gasteiger partial charge in [0.1, 0.15) is 12.0 Å². The van der Waals surface area contributed by atoms with Crippen LogP contribution in [0.1, 0.15) is 0 Å². The van der Waals surface area contributed by atoms with Crippen molar-refractivity contribution in [3.63, 3.8) is 0 Å². The normalized spacial score (nSPS) is 11.8. The van der Waals surface area contributed by atoms with Gasteiger partial charge in [0.2, 0.25) is 5.95 Å². The number of para-hydroxylation sites is 1. The third-order valence-electron chi connectivity index (χ3n) is 3.24. The topological polar surface area (TPSA) is 84.8 Å². The number of nitrogens with zero attached hydrogens (tertiary/aromatic N) is 3. The molecule has 0 unspecified atom stereocenters. The number of H-pyrrole nitrogens is 1. The minimum Gasteiger partial charge on any atom is -0.370 e. The van der Waals surface area contributed by atoms with Crippen LogP contribution in [0.25, 0.3) is 16.7 Å². The first-order chi connectivity index (χ1) is 11.9. The summed E-state index contributed by atoms with van der Waals surface area (Å²) in [6.45, 7) is -1.44. The van der Waals surface area contributed by atoms with E-state index in [2.05, 4.69) is 25.1 Å². The van der Waals surface area contributed by atoms with Crippen molar-refractivity contribution in [1.29, 1.82) is 0 Å². The summed E-state index contributed by atoms with van der Waals surface area (Å²) < 4.78 is 42.0. The molecule has 0 saturated heterocycles. The van der Waals surface area contributed by atoms with E-state index in [-0.39, 0.29) is 19.1 Å². The molecular formula is C15H14F3N5O2. The number of aromatic nitrogens is 4. The highest BCUT2D eigenvalue weighted by molar-refractivity contribution is 5.76. The van der Waals surface area contributed by atoms with Crippen molar-refractivity contribution in [3.05, 3.63) is 46.9 Å². The minimum atomic E-state index is -4.37. The van der Waals surface area contributed by atoms with Crippen molar-refractivity contribution in [2.24, 2.45) is 0 Å². The molecule has 0 aliphatic carbocycles. The minimum absolute atomic E-state index is 0.0595. The quantitative estimate of drug-likeness (QED) is 0.663. The number of fused-ring (bicyclic) bond motifs is 1. The summed E-state index contributed by atoms with van der Waals surface area (Å²) in [6, 6.07) is 9.13. The molecule has 0 aliphatic heterocycles. The summed E-state index contributed by atoms with van der Waals surface area (Å²) in [5.41, 5.74) is 0.676. The Labute approximate surface area is 139 Å². The standard InChI is InChI=1S/C15H14F3N5O2/c16-15(17,18)9-25-7-6-19-14-21-12-11(13(24)22-14)8-20-23(12)10-4-2-1-3-5-10/h1-5,8H,6-7,9H2,(H2,19,21,22,24). The number of anilines is 1. The van der Waals surface area contributed by atoms with E-state index in [0.29, 0.717) is 11.0 Å². The van der Waals surface area contributed by atoms with E-state index in [1.165, 1.54) is 10.9 Å². The van der Waals surface area contributed by atoms with Crippen LogP contribution in [-0.2, 0) is 4.74 Å². The molecule has 10 heteroatoms. The van der Waals surface area contributed by atoms with Crippen molar-refractivity contribution < 1.29 is 17.9 Å². The Kier molecular flexibility index (Phi) is 4.70. The first-order valence-corrected chi connectivity index (χ1v) is 7.36. The number of halogens is 3. The second kappa shape index (κ2) is 6.93. The number of nitrogens with one attached hydrogen (secondary N) is 2. The number of hydrogen-bond donors (Lipinski definition) is 2. The van der Waals surface area contributed by atoms with E-state index < -0.39 is 18.3 Å². The molecular weight excluding hydrogens is 339 g/mol. The lowest BCUT2D eigenvalue weighted by Crippen LogP contribution is -2.21. The van der Waals surface area contributed by atoms with Gasteiger partial charge in [0, 0.05) is 6.54 Å². The first-order valence-electron chi connectivity index (χ1n) is 7.36. The highest BCUT2D eigenvalue weighted by Gasteiger charge is 2.27. The molecule has 0 amide bonds. The van der Waals surface area contributed by atoms with Gasteiger partial charge < -0.3 is 10.1 Å². The monoisotopic (exact) mass is 353 g/mol. The maximum absolute atomic E-state index is 12.1. The second-order valence-electron chi connectivity index (χ2n) is 5.14. The third kappa shape index (κ3) is 4.15. The van der Waals surface area contributed by atoms with E-state index in [1.54, 1.807) is 0 Å². The third-order valence-corrected chi connectivity index (χ3v) is 3.24. The van der Waals surface area contributed by atoms with Crippen LogP contribution in [0.15, 0.2) is 41.3 Å². The Hall–Kier alpha value is -2.88. The molecule has 0 saturated carbocycles. The molecule has 0 fully saturated rings. The molecule has 1 aromatic carbocycles. The van der Waals surface area contributed by atoms with Gasteiger partial charge >= 0.3 is 6.18 Å². The highest BCUT2D eigenvalue weighted by atomic mass is 19.4. The maximum atomic E-state index is 12.1. The number of rotatable bonds is 6. The zero-order chi connectivity index (χ0) is 17.9. The summed E-state index contributed by atoms with van der Waals surface area (Å²) in [5, 5.41) is 7.20. The molecule has 132 valence electrons. The average Bonchev–Trinajstić information content (AvgIpc) is 2.99. The Bertz CT molecular complexity index is 905. The lowest BCUT2D eigenvalue weighted by Gasteiger charge is -2.09. The van der Waals surface area contributed by atoms with E-state index in [1.807, 2.05) is 30.3 Å². The summed E-state index contributed by atoms with van der Waals surface area (Å²) >= 11 is 0. The van der Waals surface area contributed by atoms with Gasteiger partial charge in [-0.3, -0.25) is 9.78 Å². The number of benzene rings is 1. The largest absolute Gasteiger partial charge is 0.411 e. The lowest BCUT2D eigenvalue weighted by atomic mass is 10.3. The fourth-order valence-electron chi connectivity index (χ4n) is 2.19. The number of ether oxygens (including phenoxy) is 1. The molecule has 0 atom stereocenters. The van der Waals surface area contributed by atoms with Gasteiger partial charge in [-0.25, -0.2) is 4.68 Å². The van der Waals surface area contributed by atoms with Crippen molar-refractivity contribution in [3.8, 4) is 5.69 Å². The molecule has 0 bridgehead atoms. The van der Waals surface area contributed by atoms with Crippen LogP contribution >= 0.6 is 0 Å². The number of hydrogen-bond acceptors (Lipinski definition) is 5. The van der Waals surface area contributed by atoms with Crippen LogP contribution in [-0.4, -0.2) is 45.7 Å². The molecule has 3 aromatic rings. The summed E-state index contributed by atoms with van der Waals surface area (Å²) in [4.78, 5) is 18.9. The Balaban J connectivity index is 1.75. The van der Waals surface area contributed by atoms with Gasteiger partial charge in [0.15, 0.2) is 5.65 Å². The Morgan fingerprint density at radius 2 is 2.00 bits per heavy atom. The first kappa shape index (κ1) is 17.0. The average molecular weight is 353 g/mol. The SMILES string of the molecule is O=c1[nH]c(NCCOCC(F)(F)F)nc2c1cnn2-c1ccccc1. The smallest absolute Gasteiger partial charge is 0.370 e. The van der Waals surface area contributed by atoms with Gasteiger partial charge in [-0.05, 0) is 12.1 Å². The van der Waals surface area contributed by atoms with E-state index in [4.69, 9.17) is 0 Å². The van der Waals surface area contributed by atoms with Crippen LogP contribution in [0, 0.1) is 0 Å². The fraction of sp³-hybridized carbons (Fsp3) is 0.267. The molecule has 2 aromatic heterocycles. The van der Waals surface area contributed by atoms with Crippen molar-refractivity contribution >= 4 is 17.0 Å². The maximum Gasteiger partial charge on any atom is 0.411 e. The van der Waals surface area contributed by atoms with Crippen LogP contribution < -0.4 is 10.9 Å². The molecule has 7 nitrogen and oxygen atoms in total. The van der Waals surface area contributed by atoms with E-state index >= 15 is 0 Å². The van der Waals surface area contributed by atoms with Crippen LogP contribution in [0.2, 0.25) is 0 Å². The summed E-state index contributed by atoms with van der Waals surface area (Å²) in [5.74, 6) is 0.130. The van der Waals surface area contributed by atoms with Gasteiger partial charge in [-0.2, -0.15) is 23.3 Å². The van der Waals surface area contributed by atoms with Crippen molar-refractivity contribution in [1.82, 2.24) is 19.7 Å². The van der Waals surface area contributed by atoms with E-state index in [9.17, 15) is 18.0 Å². The number of aromatic amines is 1. The van der Waals surface area contributed by atoms with Crippen LogP contribution in [0.4, 0.5) is 19.1 Å². The molecule has 2 heterocycles. The van der Waals surface area contributed by atoms with Crippen molar-refractivity contribution in [2.45, 2.75) is 6.18 Å². The van der Waals surface area contributed by atoms with Crippen LogP contribution in [0.3, 0.4) is 0 Å². The molecule has 3 rings (SSSR count). The zero-order valence-corrected chi connectivity index (χ0v) is 12.9. The van der Waals surface area contributed by atoms with E-state index in [0.717, 1.165) is 5.69 Å². The van der Waals surface area contributed by atoms with Gasteiger partial charge in [-0.15, -0.1) is 0 Å². The predicted octanol–water partition coefficient (Wildman–Crippen LogP) is 2.10. The molecule has 2 N–H and O–H groups in total. The molecule has 0 radical (unpaired) electrons. The second-order valence-corrected chi connectivity index (χ2v) is 5.14. The highest BCUT2D eigenvalue weighted by Crippen LogP contribution is 2.15. The van der Waals surface area contributed by atoms with Gasteiger partial charge in [-0.1, -0.05) is 18.2 Å². The number of alkyl halides is 3.